The van der Waals surface area contributed by atoms with Crippen molar-refractivity contribution in [1.29, 1.82) is 0 Å². The maximum absolute atomic E-state index is 11.4. The number of ether oxygens (including phenoxy) is 2. The van der Waals surface area contributed by atoms with Gasteiger partial charge in [-0.1, -0.05) is 0 Å². The van der Waals surface area contributed by atoms with Gasteiger partial charge in [-0.3, -0.25) is 4.57 Å². The van der Waals surface area contributed by atoms with Crippen LogP contribution in [-0.2, 0) is 23.1 Å². The smallest absolute Gasteiger partial charge is 0.345 e. The molecule has 0 spiro atoms. The highest BCUT2D eigenvalue weighted by molar-refractivity contribution is 4.65. The van der Waals surface area contributed by atoms with Gasteiger partial charge in [0.15, 0.2) is 6.29 Å². The van der Waals surface area contributed by atoms with E-state index in [-0.39, 0.29) is 12.0 Å². The highest BCUT2D eigenvalue weighted by Crippen LogP contribution is 2.08. The second-order valence-corrected chi connectivity index (χ2v) is 3.56. The number of aromatic nitrogens is 3. The molecule has 0 saturated carbocycles. The summed E-state index contributed by atoms with van der Waals surface area (Å²) in [6.07, 6.45) is 2.93. The normalized spacial score (nSPS) is 18.2. The van der Waals surface area contributed by atoms with E-state index in [1.807, 2.05) is 0 Å². The summed E-state index contributed by atoms with van der Waals surface area (Å²) >= 11 is 0. The Labute approximate surface area is 87.4 Å². The van der Waals surface area contributed by atoms with Gasteiger partial charge in [-0.2, -0.15) is 5.10 Å². The van der Waals surface area contributed by atoms with Crippen LogP contribution in [0.5, 0.6) is 0 Å². The van der Waals surface area contributed by atoms with Crippen LogP contribution in [0.15, 0.2) is 11.1 Å². The Kier molecular flexibility index (Phi) is 3.17. The average molecular weight is 213 g/mol. The molecular formula is C9H15N3O3. The van der Waals surface area contributed by atoms with Gasteiger partial charge in [-0.15, -0.1) is 0 Å². The Morgan fingerprint density at radius 3 is 2.87 bits per heavy atom. The van der Waals surface area contributed by atoms with Crippen molar-refractivity contribution in [2.75, 3.05) is 13.2 Å². The Hall–Kier alpha value is -1.14. The van der Waals surface area contributed by atoms with Crippen LogP contribution >= 0.6 is 0 Å². The number of hydrogen-bond donors (Lipinski definition) is 0. The lowest BCUT2D eigenvalue weighted by Crippen LogP contribution is -2.29. The van der Waals surface area contributed by atoms with Crippen molar-refractivity contribution in [3.05, 3.63) is 16.8 Å². The topological polar surface area (TPSA) is 58.3 Å². The molecule has 1 aromatic rings. The molecule has 6 nitrogen and oxygen atoms in total. The van der Waals surface area contributed by atoms with E-state index in [2.05, 4.69) is 5.10 Å². The molecule has 2 rings (SSSR count). The molecule has 0 bridgehead atoms. The minimum atomic E-state index is -0.187. The minimum absolute atomic E-state index is 0.106. The zero-order valence-electron chi connectivity index (χ0n) is 8.76. The van der Waals surface area contributed by atoms with Gasteiger partial charge in [-0.05, 0) is 6.42 Å². The molecule has 0 amide bonds. The molecule has 0 unspecified atom stereocenters. The number of nitrogens with zero attached hydrogens (tertiary/aromatic N) is 3. The number of aryl methyl sites for hydroxylation is 2. The SMILES string of the molecule is Cn1cnn(CCC2OCCCO2)c1=O. The summed E-state index contributed by atoms with van der Waals surface area (Å²) in [7, 11) is 1.68. The van der Waals surface area contributed by atoms with E-state index >= 15 is 0 Å². The third kappa shape index (κ3) is 2.45. The van der Waals surface area contributed by atoms with Crippen LogP contribution in [0, 0.1) is 0 Å². The maximum Gasteiger partial charge on any atom is 0.345 e. The number of hydrogen-bond acceptors (Lipinski definition) is 4. The fraction of sp³-hybridized carbons (Fsp3) is 0.778. The standard InChI is InChI=1S/C9H15N3O3/c1-11-7-10-12(9(11)13)4-3-8-14-5-2-6-15-8/h7-8H,2-6H2,1H3. The third-order valence-corrected chi connectivity index (χ3v) is 2.36. The summed E-state index contributed by atoms with van der Waals surface area (Å²) in [5.74, 6) is 0. The summed E-state index contributed by atoms with van der Waals surface area (Å²) in [5, 5.41) is 3.96. The van der Waals surface area contributed by atoms with Gasteiger partial charge >= 0.3 is 5.69 Å². The van der Waals surface area contributed by atoms with Crippen molar-refractivity contribution in [3.8, 4) is 0 Å². The fourth-order valence-electron chi connectivity index (χ4n) is 1.50. The molecule has 6 heteroatoms. The van der Waals surface area contributed by atoms with E-state index in [0.717, 1.165) is 19.6 Å². The van der Waals surface area contributed by atoms with Crippen LogP contribution in [0.4, 0.5) is 0 Å². The van der Waals surface area contributed by atoms with Crippen molar-refractivity contribution in [2.24, 2.45) is 7.05 Å². The molecule has 1 aromatic heterocycles. The Morgan fingerprint density at radius 2 is 2.27 bits per heavy atom. The minimum Gasteiger partial charge on any atom is -0.353 e. The summed E-state index contributed by atoms with van der Waals surface area (Å²) in [6, 6.07) is 0. The predicted molar refractivity (Wildman–Crippen MR) is 52.4 cm³/mol. The van der Waals surface area contributed by atoms with E-state index in [9.17, 15) is 4.79 Å². The second kappa shape index (κ2) is 4.59. The summed E-state index contributed by atoms with van der Waals surface area (Å²) in [6.45, 7) is 2.01. The van der Waals surface area contributed by atoms with Crippen molar-refractivity contribution in [2.45, 2.75) is 25.7 Å². The van der Waals surface area contributed by atoms with Crippen molar-refractivity contribution in [1.82, 2.24) is 14.3 Å². The van der Waals surface area contributed by atoms with Gasteiger partial charge in [-0.25, -0.2) is 9.48 Å². The molecule has 0 N–H and O–H groups in total. The first-order chi connectivity index (χ1) is 7.27. The van der Waals surface area contributed by atoms with Crippen LogP contribution in [0.3, 0.4) is 0 Å². The van der Waals surface area contributed by atoms with Crippen LogP contribution in [0.2, 0.25) is 0 Å². The van der Waals surface area contributed by atoms with Crippen LogP contribution in [0.25, 0.3) is 0 Å². The summed E-state index contributed by atoms with van der Waals surface area (Å²) in [4.78, 5) is 11.4. The maximum atomic E-state index is 11.4. The predicted octanol–water partition coefficient (Wildman–Crippen LogP) is -0.265. The van der Waals surface area contributed by atoms with E-state index in [4.69, 9.17) is 9.47 Å². The monoisotopic (exact) mass is 213 g/mol. The van der Waals surface area contributed by atoms with Gasteiger partial charge in [0.25, 0.3) is 0 Å². The summed E-state index contributed by atoms with van der Waals surface area (Å²) in [5.41, 5.74) is -0.106. The molecule has 1 aliphatic heterocycles. The van der Waals surface area contributed by atoms with Crippen molar-refractivity contribution < 1.29 is 9.47 Å². The first kappa shape index (κ1) is 10.4. The molecule has 2 heterocycles. The molecule has 1 saturated heterocycles. The lowest BCUT2D eigenvalue weighted by Gasteiger charge is -2.22. The molecule has 0 atom stereocenters. The average Bonchev–Trinajstić information content (AvgIpc) is 2.59. The second-order valence-electron chi connectivity index (χ2n) is 3.56. The molecule has 1 aliphatic rings. The molecule has 0 aliphatic carbocycles. The van der Waals surface area contributed by atoms with E-state index in [1.165, 1.54) is 15.6 Å². The van der Waals surface area contributed by atoms with E-state index in [1.54, 1.807) is 7.05 Å². The Balaban J connectivity index is 1.87. The van der Waals surface area contributed by atoms with Gasteiger partial charge in [0.1, 0.15) is 6.33 Å². The van der Waals surface area contributed by atoms with Gasteiger partial charge in [0, 0.05) is 13.5 Å². The van der Waals surface area contributed by atoms with Crippen molar-refractivity contribution >= 4 is 0 Å². The molecule has 15 heavy (non-hydrogen) atoms. The van der Waals surface area contributed by atoms with Crippen LogP contribution in [0.1, 0.15) is 12.8 Å². The van der Waals surface area contributed by atoms with Gasteiger partial charge in [0.2, 0.25) is 0 Å². The molecule has 84 valence electrons. The lowest BCUT2D eigenvalue weighted by molar-refractivity contribution is -0.182. The molecule has 0 aromatic carbocycles. The molecule has 0 radical (unpaired) electrons. The summed E-state index contributed by atoms with van der Waals surface area (Å²) < 4.78 is 13.6. The fourth-order valence-corrected chi connectivity index (χ4v) is 1.50. The third-order valence-electron chi connectivity index (χ3n) is 2.36. The lowest BCUT2D eigenvalue weighted by atomic mass is 10.3. The van der Waals surface area contributed by atoms with E-state index < -0.39 is 0 Å². The Bertz CT molecular complexity index is 365. The largest absolute Gasteiger partial charge is 0.353 e. The molecular weight excluding hydrogens is 198 g/mol. The van der Waals surface area contributed by atoms with E-state index in [0.29, 0.717) is 13.0 Å². The Morgan fingerprint density at radius 1 is 1.53 bits per heavy atom. The highest BCUT2D eigenvalue weighted by atomic mass is 16.7. The quantitative estimate of drug-likeness (QED) is 0.693. The zero-order valence-corrected chi connectivity index (χ0v) is 8.76. The van der Waals surface area contributed by atoms with Crippen LogP contribution in [-0.4, -0.2) is 33.9 Å². The highest BCUT2D eigenvalue weighted by Gasteiger charge is 2.14. The van der Waals surface area contributed by atoms with Crippen LogP contribution < -0.4 is 5.69 Å². The number of rotatable bonds is 3. The van der Waals surface area contributed by atoms with Crippen molar-refractivity contribution in [3.63, 3.8) is 0 Å². The first-order valence-electron chi connectivity index (χ1n) is 5.09. The zero-order chi connectivity index (χ0) is 10.7. The van der Waals surface area contributed by atoms with Gasteiger partial charge < -0.3 is 9.47 Å². The van der Waals surface area contributed by atoms with Gasteiger partial charge in [0.05, 0.1) is 19.8 Å². The first-order valence-corrected chi connectivity index (χ1v) is 5.09. The molecule has 1 fully saturated rings.